The second-order valence-electron chi connectivity index (χ2n) is 10.2. The van der Waals surface area contributed by atoms with Crippen LogP contribution in [0.5, 0.6) is 0 Å². The molecule has 0 N–H and O–H groups in total. The van der Waals surface area contributed by atoms with Gasteiger partial charge in [0.15, 0.2) is 8.32 Å². The molecule has 0 amide bonds. The third-order valence-electron chi connectivity index (χ3n) is 7.68. The Labute approximate surface area is 164 Å². The van der Waals surface area contributed by atoms with E-state index in [0.717, 1.165) is 6.42 Å². The fourth-order valence-corrected chi connectivity index (χ4v) is 5.17. The molecule has 0 aromatic rings. The van der Waals surface area contributed by atoms with E-state index in [1.165, 1.54) is 0 Å². The molecule has 2 saturated carbocycles. The lowest BCUT2D eigenvalue weighted by Gasteiger charge is -2.53. The average molecular weight is 401 g/mol. The van der Waals surface area contributed by atoms with Gasteiger partial charge in [0, 0.05) is 33.2 Å². The lowest BCUT2D eigenvalue weighted by Crippen LogP contribution is -2.67. The monoisotopic (exact) mass is 400 g/mol. The highest BCUT2D eigenvalue weighted by Crippen LogP contribution is 2.63. The number of fused-ring (bicyclic) bond motifs is 3. The van der Waals surface area contributed by atoms with Crippen LogP contribution in [0.1, 0.15) is 47.5 Å². The van der Waals surface area contributed by atoms with Crippen LogP contribution < -0.4 is 0 Å². The first-order valence-electron chi connectivity index (χ1n) is 9.88. The fraction of sp³-hybridized carbons (Fsp3) is 0.950. The predicted molar refractivity (Wildman–Crippen MR) is 104 cm³/mol. The maximum Gasteiger partial charge on any atom is 0.220 e. The number of Topliss-reactive ketones (excluding diaryl/α,β-unsaturated/α-hetero) is 1. The Morgan fingerprint density at radius 1 is 1.11 bits per heavy atom. The van der Waals surface area contributed by atoms with Crippen LogP contribution in [-0.4, -0.2) is 58.7 Å². The first-order valence-corrected chi connectivity index (χ1v) is 12.8. The van der Waals surface area contributed by atoms with Gasteiger partial charge in [-0.1, -0.05) is 20.8 Å². The molecule has 6 nitrogen and oxygen atoms in total. The van der Waals surface area contributed by atoms with Gasteiger partial charge in [-0.3, -0.25) is 4.79 Å². The van der Waals surface area contributed by atoms with Gasteiger partial charge in [-0.05, 0) is 38.4 Å². The van der Waals surface area contributed by atoms with Crippen molar-refractivity contribution in [2.24, 2.45) is 11.3 Å². The van der Waals surface area contributed by atoms with Crippen molar-refractivity contribution in [1.29, 1.82) is 0 Å². The molecule has 7 heteroatoms. The molecule has 0 radical (unpaired) electrons. The molecule has 3 aliphatic rings. The van der Waals surface area contributed by atoms with E-state index in [9.17, 15) is 4.79 Å². The average Bonchev–Trinajstić information content (AvgIpc) is 3.31. The maximum absolute atomic E-state index is 13.0. The topological polar surface area (TPSA) is 63.2 Å². The van der Waals surface area contributed by atoms with Gasteiger partial charge in [0.05, 0.1) is 17.6 Å². The second kappa shape index (κ2) is 6.34. The van der Waals surface area contributed by atoms with Crippen molar-refractivity contribution in [2.75, 3.05) is 20.8 Å². The molecule has 2 aliphatic carbocycles. The smallest absolute Gasteiger partial charge is 0.220 e. The summed E-state index contributed by atoms with van der Waals surface area (Å²) in [5.41, 5.74) is -0.421. The minimum atomic E-state index is -1.92. The van der Waals surface area contributed by atoms with Crippen LogP contribution in [0, 0.1) is 11.3 Å². The van der Waals surface area contributed by atoms with Crippen LogP contribution in [0.2, 0.25) is 18.1 Å². The Morgan fingerprint density at radius 3 is 2.19 bits per heavy atom. The standard InChI is InChI=1S/C20H36O6Si/c1-17(2,3)27(8,9)24-12-20-11-13(20)16-14(10-15(20)21)25-18(4,22-6)19(5,23-7)26-16/h13-14,16H,10-12H2,1-9H3/t13-,14+,16+,18-,19-,20+/m0/s1. The van der Waals surface area contributed by atoms with Crippen molar-refractivity contribution in [1.82, 2.24) is 0 Å². The fourth-order valence-electron chi connectivity index (χ4n) is 4.11. The summed E-state index contributed by atoms with van der Waals surface area (Å²) in [5.74, 6) is -1.74. The van der Waals surface area contributed by atoms with E-state index in [1.807, 2.05) is 6.92 Å². The number of rotatable bonds is 5. The molecular weight excluding hydrogens is 364 g/mol. The first kappa shape index (κ1) is 21.4. The highest BCUT2D eigenvalue weighted by atomic mass is 28.4. The number of hydrogen-bond donors (Lipinski definition) is 0. The summed E-state index contributed by atoms with van der Waals surface area (Å²) in [7, 11) is 1.25. The zero-order valence-corrected chi connectivity index (χ0v) is 19.3. The van der Waals surface area contributed by atoms with Crippen LogP contribution in [-0.2, 0) is 28.2 Å². The molecule has 1 aliphatic heterocycles. The van der Waals surface area contributed by atoms with Gasteiger partial charge < -0.3 is 23.4 Å². The zero-order valence-electron chi connectivity index (χ0n) is 18.3. The Kier molecular flexibility index (Phi) is 5.03. The summed E-state index contributed by atoms with van der Waals surface area (Å²) < 4.78 is 30.3. The van der Waals surface area contributed by atoms with Gasteiger partial charge in [-0.2, -0.15) is 0 Å². The minimum Gasteiger partial charge on any atom is -0.416 e. The summed E-state index contributed by atoms with van der Waals surface area (Å²) in [6.07, 6.45) is 0.646. The van der Waals surface area contributed by atoms with Gasteiger partial charge >= 0.3 is 0 Å². The van der Waals surface area contributed by atoms with Crippen LogP contribution >= 0.6 is 0 Å². The van der Waals surface area contributed by atoms with Crippen molar-refractivity contribution in [2.45, 2.75) is 89.4 Å². The molecule has 0 aromatic carbocycles. The number of carbonyl (C=O) groups is 1. The predicted octanol–water partition coefficient (Wildman–Crippen LogP) is 3.50. The molecule has 3 rings (SSSR count). The van der Waals surface area contributed by atoms with Crippen molar-refractivity contribution >= 4 is 14.1 Å². The van der Waals surface area contributed by atoms with E-state index in [0.29, 0.717) is 13.0 Å². The molecule has 1 heterocycles. The molecule has 0 aromatic heterocycles. The van der Waals surface area contributed by atoms with E-state index >= 15 is 0 Å². The number of ether oxygens (including phenoxy) is 4. The maximum atomic E-state index is 13.0. The van der Waals surface area contributed by atoms with Gasteiger partial charge in [0.2, 0.25) is 11.6 Å². The molecule has 0 spiro atoms. The van der Waals surface area contributed by atoms with Crippen LogP contribution in [0.15, 0.2) is 0 Å². The Bertz CT molecular complexity index is 616. The summed E-state index contributed by atoms with van der Waals surface area (Å²) in [4.78, 5) is 13.0. The van der Waals surface area contributed by atoms with E-state index in [4.69, 9.17) is 23.4 Å². The zero-order chi connectivity index (χ0) is 20.5. The molecular formula is C20H36O6Si. The summed E-state index contributed by atoms with van der Waals surface area (Å²) in [6.45, 7) is 15.2. The third-order valence-corrected chi connectivity index (χ3v) is 12.2. The highest BCUT2D eigenvalue weighted by molar-refractivity contribution is 6.74. The van der Waals surface area contributed by atoms with E-state index in [2.05, 4.69) is 33.9 Å². The number of methoxy groups -OCH3 is 2. The lowest BCUT2D eigenvalue weighted by atomic mass is 9.82. The highest BCUT2D eigenvalue weighted by Gasteiger charge is 2.72. The van der Waals surface area contributed by atoms with Crippen LogP contribution in [0.3, 0.4) is 0 Å². The Morgan fingerprint density at radius 2 is 1.67 bits per heavy atom. The Balaban J connectivity index is 1.78. The number of carbonyl (C=O) groups excluding carboxylic acids is 1. The largest absolute Gasteiger partial charge is 0.416 e. The molecule has 27 heavy (non-hydrogen) atoms. The van der Waals surface area contributed by atoms with Crippen molar-refractivity contribution < 1.29 is 28.2 Å². The normalized spacial score (nSPS) is 44.6. The summed E-state index contributed by atoms with van der Waals surface area (Å²) in [5, 5.41) is 0.119. The summed E-state index contributed by atoms with van der Waals surface area (Å²) >= 11 is 0. The molecule has 156 valence electrons. The number of ketones is 1. The van der Waals surface area contributed by atoms with Gasteiger partial charge in [0.25, 0.3) is 0 Å². The molecule has 0 bridgehead atoms. The van der Waals surface area contributed by atoms with Crippen LogP contribution in [0.25, 0.3) is 0 Å². The summed E-state index contributed by atoms with van der Waals surface area (Å²) in [6, 6.07) is 0. The third kappa shape index (κ3) is 3.15. The van der Waals surface area contributed by atoms with Crippen molar-refractivity contribution in [3.63, 3.8) is 0 Å². The number of hydrogen-bond acceptors (Lipinski definition) is 6. The molecule has 1 saturated heterocycles. The molecule has 3 fully saturated rings. The SMILES string of the molecule is CO[C@@]1(C)O[C@H]2[C@@H](CC(=O)[C@@]3(CO[Si](C)(C)C(C)(C)C)C[C@@H]23)O[C@]1(C)OC. The van der Waals surface area contributed by atoms with Crippen molar-refractivity contribution in [3.8, 4) is 0 Å². The second-order valence-corrected chi connectivity index (χ2v) is 15.0. The van der Waals surface area contributed by atoms with Gasteiger partial charge in [0.1, 0.15) is 5.78 Å². The van der Waals surface area contributed by atoms with E-state index in [1.54, 1.807) is 21.1 Å². The van der Waals surface area contributed by atoms with Gasteiger partial charge in [-0.15, -0.1) is 0 Å². The molecule has 6 atom stereocenters. The van der Waals surface area contributed by atoms with Gasteiger partial charge in [-0.25, -0.2) is 0 Å². The quantitative estimate of drug-likeness (QED) is 0.658. The lowest BCUT2D eigenvalue weighted by molar-refractivity contribution is -0.451. The minimum absolute atomic E-state index is 0.115. The first-order chi connectivity index (χ1) is 12.3. The molecule has 0 unspecified atom stereocenters. The van der Waals surface area contributed by atoms with Crippen LogP contribution in [0.4, 0.5) is 0 Å². The van der Waals surface area contributed by atoms with Crippen molar-refractivity contribution in [3.05, 3.63) is 0 Å². The van der Waals surface area contributed by atoms with E-state index < -0.39 is 25.3 Å². The van der Waals surface area contributed by atoms with E-state index in [-0.39, 0.29) is 28.9 Å². The Hall–Kier alpha value is -0.313.